The Bertz CT molecular complexity index is 182. The summed E-state index contributed by atoms with van der Waals surface area (Å²) in [7, 11) is 0. The summed E-state index contributed by atoms with van der Waals surface area (Å²) in [5, 5.41) is 6.44. The molecule has 1 rings (SSSR count). The molecule has 0 spiro atoms. The van der Waals surface area contributed by atoms with Crippen molar-refractivity contribution in [3.63, 3.8) is 0 Å². The number of hydrogen-bond acceptors (Lipinski definition) is 4. The van der Waals surface area contributed by atoms with E-state index in [9.17, 15) is 4.79 Å². The van der Waals surface area contributed by atoms with Gasteiger partial charge >= 0.3 is 5.97 Å². The van der Waals surface area contributed by atoms with E-state index in [1.165, 1.54) is 0 Å². The molecule has 88 valence electrons. The molecule has 0 amide bonds. The van der Waals surface area contributed by atoms with Crippen LogP contribution < -0.4 is 10.6 Å². The van der Waals surface area contributed by atoms with E-state index in [2.05, 4.69) is 17.2 Å². The second-order valence-corrected chi connectivity index (χ2v) is 4.24. The number of hydrogen-bond donors (Lipinski definition) is 2. The lowest BCUT2D eigenvalue weighted by molar-refractivity contribution is -0.148. The molecule has 1 fully saturated rings. The van der Waals surface area contributed by atoms with E-state index in [1.54, 1.807) is 0 Å². The molecule has 2 N–H and O–H groups in total. The Kier molecular flexibility index (Phi) is 6.99. The van der Waals surface area contributed by atoms with Crippen LogP contribution in [-0.2, 0) is 9.53 Å². The van der Waals surface area contributed by atoms with Crippen LogP contribution in [0.5, 0.6) is 0 Å². The Morgan fingerprint density at radius 1 is 1.20 bits per heavy atom. The third-order valence-corrected chi connectivity index (χ3v) is 1.53. The van der Waals surface area contributed by atoms with Crippen molar-refractivity contribution < 1.29 is 9.53 Å². The van der Waals surface area contributed by atoms with Gasteiger partial charge in [0.15, 0.2) is 0 Å². The van der Waals surface area contributed by atoms with E-state index in [0.717, 1.165) is 32.3 Å². The number of piperazine rings is 1. The van der Waals surface area contributed by atoms with Crippen LogP contribution in [-0.4, -0.2) is 37.7 Å². The molecule has 0 unspecified atom stereocenters. The van der Waals surface area contributed by atoms with Crippen molar-refractivity contribution in [3.8, 4) is 0 Å². The van der Waals surface area contributed by atoms with Crippen LogP contribution >= 0.6 is 0 Å². The summed E-state index contributed by atoms with van der Waals surface area (Å²) in [4.78, 5) is 10.5. The summed E-state index contributed by atoms with van der Waals surface area (Å²) in [6, 6.07) is 0. The lowest BCUT2D eigenvalue weighted by Gasteiger charge is -2.17. The molecule has 0 aliphatic carbocycles. The monoisotopic (exact) mass is 214 g/mol. The molecule has 1 heterocycles. The number of ether oxygens (including phenoxy) is 1. The minimum Gasteiger partial charge on any atom is -0.457 e. The van der Waals surface area contributed by atoms with Gasteiger partial charge in [-0.1, -0.05) is 6.58 Å². The lowest BCUT2D eigenvalue weighted by atomic mass is 10.2. The molecule has 4 heteroatoms. The average Bonchev–Trinajstić information content (AvgIpc) is 2.19. The zero-order valence-electron chi connectivity index (χ0n) is 9.93. The fraction of sp³-hybridized carbons (Fsp3) is 0.727. The Hall–Kier alpha value is -0.870. The third kappa shape index (κ3) is 11.1. The van der Waals surface area contributed by atoms with Gasteiger partial charge in [0.2, 0.25) is 0 Å². The lowest BCUT2D eigenvalue weighted by Crippen LogP contribution is -2.39. The minimum absolute atomic E-state index is 0.373. The number of carbonyl (C=O) groups is 1. The normalized spacial score (nSPS) is 15.9. The van der Waals surface area contributed by atoms with Gasteiger partial charge in [-0.3, -0.25) is 0 Å². The highest BCUT2D eigenvalue weighted by Gasteiger charge is 2.12. The first-order valence-electron chi connectivity index (χ1n) is 5.22. The van der Waals surface area contributed by atoms with Gasteiger partial charge in [-0.15, -0.1) is 0 Å². The van der Waals surface area contributed by atoms with Gasteiger partial charge in [0.1, 0.15) is 5.60 Å². The van der Waals surface area contributed by atoms with Crippen molar-refractivity contribution in [2.45, 2.75) is 26.4 Å². The Morgan fingerprint density at radius 3 is 1.73 bits per heavy atom. The van der Waals surface area contributed by atoms with Crippen LogP contribution in [0, 0.1) is 0 Å². The maximum Gasteiger partial charge on any atom is 0.330 e. The van der Waals surface area contributed by atoms with Crippen LogP contribution in [0.4, 0.5) is 0 Å². The van der Waals surface area contributed by atoms with E-state index in [1.807, 2.05) is 20.8 Å². The van der Waals surface area contributed by atoms with Crippen molar-refractivity contribution in [1.82, 2.24) is 10.6 Å². The van der Waals surface area contributed by atoms with Gasteiger partial charge in [0.05, 0.1) is 0 Å². The predicted molar refractivity (Wildman–Crippen MR) is 61.8 cm³/mol. The standard InChI is InChI=1S/C7H12O2.C4H10N2/c1-5-6(8)9-7(2,3)4;1-2-6-4-3-5-1/h5H,1H2,2-4H3;5-6H,1-4H2. The zero-order chi connectivity index (χ0) is 11.7. The molecule has 1 aliphatic heterocycles. The third-order valence-electron chi connectivity index (χ3n) is 1.53. The summed E-state index contributed by atoms with van der Waals surface area (Å²) >= 11 is 0. The largest absolute Gasteiger partial charge is 0.457 e. The maximum absolute atomic E-state index is 10.5. The molecule has 0 saturated carbocycles. The summed E-state index contributed by atoms with van der Waals surface area (Å²) < 4.78 is 4.83. The Labute approximate surface area is 92.1 Å². The summed E-state index contributed by atoms with van der Waals surface area (Å²) in [6.45, 7) is 13.3. The SMILES string of the molecule is C1CNCCN1.C=CC(=O)OC(C)(C)C. The quantitative estimate of drug-likeness (QED) is 0.498. The number of esters is 1. The van der Waals surface area contributed by atoms with Gasteiger partial charge in [-0.25, -0.2) is 4.79 Å². The number of nitrogens with one attached hydrogen (secondary N) is 2. The average molecular weight is 214 g/mol. The van der Waals surface area contributed by atoms with E-state index in [0.29, 0.717) is 0 Å². The molecule has 1 aliphatic rings. The summed E-state index contributed by atoms with van der Waals surface area (Å²) in [6.07, 6.45) is 1.16. The molecule has 4 nitrogen and oxygen atoms in total. The van der Waals surface area contributed by atoms with Gasteiger partial charge in [-0.05, 0) is 20.8 Å². The van der Waals surface area contributed by atoms with Gasteiger partial charge in [-0.2, -0.15) is 0 Å². The van der Waals surface area contributed by atoms with Crippen LogP contribution in [0.2, 0.25) is 0 Å². The molecule has 0 bridgehead atoms. The van der Waals surface area contributed by atoms with Crippen molar-refractivity contribution in [3.05, 3.63) is 12.7 Å². The fourth-order valence-corrected chi connectivity index (χ4v) is 0.947. The summed E-state index contributed by atoms with van der Waals surface area (Å²) in [5.41, 5.74) is -0.398. The van der Waals surface area contributed by atoms with Gasteiger partial charge < -0.3 is 15.4 Å². The first-order chi connectivity index (χ1) is 6.95. The molecule has 0 aromatic heterocycles. The highest BCUT2D eigenvalue weighted by molar-refractivity contribution is 5.81. The first kappa shape index (κ1) is 14.1. The molecule has 0 aromatic carbocycles. The Balaban J connectivity index is 0.000000280. The first-order valence-corrected chi connectivity index (χ1v) is 5.22. The van der Waals surface area contributed by atoms with Crippen molar-refractivity contribution in [2.75, 3.05) is 26.2 Å². The predicted octanol–water partition coefficient (Wildman–Crippen LogP) is 0.693. The second kappa shape index (κ2) is 7.43. The van der Waals surface area contributed by atoms with E-state index < -0.39 is 5.60 Å². The zero-order valence-corrected chi connectivity index (χ0v) is 9.93. The topological polar surface area (TPSA) is 50.4 Å². The van der Waals surface area contributed by atoms with Crippen molar-refractivity contribution in [2.24, 2.45) is 0 Å². The highest BCUT2D eigenvalue weighted by Crippen LogP contribution is 2.06. The van der Waals surface area contributed by atoms with Crippen LogP contribution in [0.1, 0.15) is 20.8 Å². The van der Waals surface area contributed by atoms with E-state index in [4.69, 9.17) is 4.74 Å². The highest BCUT2D eigenvalue weighted by atomic mass is 16.6. The van der Waals surface area contributed by atoms with Gasteiger partial charge in [0.25, 0.3) is 0 Å². The molecule has 0 aromatic rings. The molecular weight excluding hydrogens is 192 g/mol. The van der Waals surface area contributed by atoms with Crippen LogP contribution in [0.15, 0.2) is 12.7 Å². The van der Waals surface area contributed by atoms with Crippen molar-refractivity contribution in [1.29, 1.82) is 0 Å². The van der Waals surface area contributed by atoms with Crippen LogP contribution in [0.3, 0.4) is 0 Å². The minimum atomic E-state index is -0.398. The number of carbonyl (C=O) groups excluding carboxylic acids is 1. The summed E-state index contributed by atoms with van der Waals surface area (Å²) in [5.74, 6) is -0.373. The van der Waals surface area contributed by atoms with E-state index in [-0.39, 0.29) is 5.97 Å². The molecule has 15 heavy (non-hydrogen) atoms. The van der Waals surface area contributed by atoms with Crippen LogP contribution in [0.25, 0.3) is 0 Å². The molecule has 1 saturated heterocycles. The molecular formula is C11H22N2O2. The number of rotatable bonds is 1. The fourth-order valence-electron chi connectivity index (χ4n) is 0.947. The molecule has 0 atom stereocenters. The van der Waals surface area contributed by atoms with Crippen molar-refractivity contribution >= 4 is 5.97 Å². The maximum atomic E-state index is 10.5. The molecule has 0 radical (unpaired) electrons. The smallest absolute Gasteiger partial charge is 0.330 e. The van der Waals surface area contributed by atoms with E-state index >= 15 is 0 Å². The second-order valence-electron chi connectivity index (χ2n) is 4.24. The Morgan fingerprint density at radius 2 is 1.60 bits per heavy atom. The van der Waals surface area contributed by atoms with Gasteiger partial charge in [0, 0.05) is 32.3 Å².